The van der Waals surface area contributed by atoms with Crippen molar-refractivity contribution in [2.24, 2.45) is 0 Å². The molecule has 1 aliphatic rings. The van der Waals surface area contributed by atoms with Gasteiger partial charge in [-0.15, -0.1) is 0 Å². The molecule has 12 nitrogen and oxygen atoms in total. The van der Waals surface area contributed by atoms with Crippen molar-refractivity contribution in [3.05, 3.63) is 60.8 Å². The van der Waals surface area contributed by atoms with Gasteiger partial charge < -0.3 is 34.3 Å². The molecule has 0 bridgehead atoms. The number of esters is 2. The van der Waals surface area contributed by atoms with Crippen LogP contribution in [-0.4, -0.2) is 96.0 Å². The quantitative estimate of drug-likeness (QED) is 0.0196. The Morgan fingerprint density at radius 1 is 0.500 bits per heavy atom. The monoisotopic (exact) mass is 981 g/mol. The predicted molar refractivity (Wildman–Crippen MR) is 275 cm³/mol. The Morgan fingerprint density at radius 2 is 0.926 bits per heavy atom. The van der Waals surface area contributed by atoms with Gasteiger partial charge in [0.2, 0.25) is 0 Å². The maximum Gasteiger partial charge on any atom is 0.306 e. The van der Waals surface area contributed by atoms with Gasteiger partial charge in [-0.05, 0) is 70.6 Å². The van der Waals surface area contributed by atoms with Gasteiger partial charge in [0.15, 0.2) is 12.4 Å². The molecule has 0 radical (unpaired) electrons. The van der Waals surface area contributed by atoms with Crippen LogP contribution in [0.4, 0.5) is 0 Å². The summed E-state index contributed by atoms with van der Waals surface area (Å²) in [5, 5.41) is 31.0. The summed E-state index contributed by atoms with van der Waals surface area (Å²) in [6, 6.07) is 0. The number of ether oxygens (including phenoxy) is 4. The third-order valence-electron chi connectivity index (χ3n) is 12.1. The zero-order valence-electron chi connectivity index (χ0n) is 42.4. The Kier molecular flexibility index (Phi) is 41.3. The van der Waals surface area contributed by atoms with Crippen LogP contribution in [0.1, 0.15) is 219 Å². The lowest BCUT2D eigenvalue weighted by molar-refractivity contribution is -0.297. The highest BCUT2D eigenvalue weighted by atomic mass is 32.2. The number of aliphatic hydroxyl groups is 3. The summed E-state index contributed by atoms with van der Waals surface area (Å²) in [5.74, 6) is -2.06. The average molecular weight is 981 g/mol. The van der Waals surface area contributed by atoms with E-state index in [1.165, 1.54) is 116 Å². The summed E-state index contributed by atoms with van der Waals surface area (Å²) in [6.45, 7) is 3.67. The Balaban J connectivity index is 2.38. The van der Waals surface area contributed by atoms with Crippen molar-refractivity contribution in [3.63, 3.8) is 0 Å². The molecule has 0 spiro atoms. The van der Waals surface area contributed by atoms with Crippen LogP contribution in [0, 0.1) is 0 Å². The number of allylic oxidation sites excluding steroid dienone is 10. The van der Waals surface area contributed by atoms with Gasteiger partial charge in [-0.3, -0.25) is 14.1 Å². The molecule has 0 aromatic rings. The van der Waals surface area contributed by atoms with Crippen molar-refractivity contribution in [2.75, 3.05) is 19.0 Å². The van der Waals surface area contributed by atoms with E-state index in [1.54, 1.807) is 0 Å². The minimum Gasteiger partial charge on any atom is -0.462 e. The van der Waals surface area contributed by atoms with E-state index in [0.717, 1.165) is 57.8 Å². The Morgan fingerprint density at radius 3 is 1.43 bits per heavy atom. The number of carbonyl (C=O) groups is 2. The first-order valence-corrected chi connectivity index (χ1v) is 28.5. The Hall–Kier alpha value is -2.65. The zero-order valence-corrected chi connectivity index (χ0v) is 43.3. The summed E-state index contributed by atoms with van der Waals surface area (Å²) in [5.41, 5.74) is 0. The van der Waals surface area contributed by atoms with E-state index in [4.69, 9.17) is 18.9 Å². The molecule has 0 amide bonds. The molecule has 4 N–H and O–H groups in total. The maximum atomic E-state index is 12.9. The normalized spacial score (nSPS) is 19.6. The van der Waals surface area contributed by atoms with Gasteiger partial charge in [0.25, 0.3) is 10.1 Å². The smallest absolute Gasteiger partial charge is 0.306 e. The second-order valence-corrected chi connectivity index (χ2v) is 20.0. The van der Waals surface area contributed by atoms with Crippen LogP contribution in [0.15, 0.2) is 60.8 Å². The second-order valence-electron chi connectivity index (χ2n) is 18.5. The molecule has 1 rings (SSSR count). The SMILES string of the molecule is CCC/C=C/C/C=C/C/C=C/C/C=C/CCCCCC(=O)OC[C@H](CO[C@H]1O[C@H](CS(=O)(=O)O)[C@@H](O)C(O)C1O)OC(=O)CCC/C=C/CCCCCCCCCCCCCCCCCCCC. The fourth-order valence-electron chi connectivity index (χ4n) is 7.91. The predicted octanol–water partition coefficient (Wildman–Crippen LogP) is 12.5. The van der Waals surface area contributed by atoms with Crippen molar-refractivity contribution < 1.29 is 56.8 Å². The fraction of sp³-hybridized carbons (Fsp3) is 0.782. The van der Waals surface area contributed by atoms with Crippen LogP contribution in [0.2, 0.25) is 0 Å². The third-order valence-corrected chi connectivity index (χ3v) is 12.8. The summed E-state index contributed by atoms with van der Waals surface area (Å²) in [7, 11) is -4.62. The van der Waals surface area contributed by atoms with Gasteiger partial charge in [-0.1, -0.05) is 197 Å². The molecule has 0 aromatic carbocycles. The van der Waals surface area contributed by atoms with Gasteiger partial charge in [-0.2, -0.15) is 8.42 Å². The molecular weight excluding hydrogens is 885 g/mol. The average Bonchev–Trinajstić information content (AvgIpc) is 3.31. The summed E-state index contributed by atoms with van der Waals surface area (Å²) in [4.78, 5) is 25.5. The molecule has 394 valence electrons. The summed E-state index contributed by atoms with van der Waals surface area (Å²) < 4.78 is 54.2. The van der Waals surface area contributed by atoms with Crippen LogP contribution in [0.5, 0.6) is 0 Å². The lowest BCUT2D eigenvalue weighted by atomic mass is 10.00. The molecule has 13 heteroatoms. The molecule has 6 atom stereocenters. The molecule has 0 aliphatic carbocycles. The lowest BCUT2D eigenvalue weighted by Gasteiger charge is -2.40. The fourth-order valence-corrected chi connectivity index (χ4v) is 8.60. The Bertz CT molecular complexity index is 1470. The van der Waals surface area contributed by atoms with Gasteiger partial charge in [0.05, 0.1) is 6.61 Å². The highest BCUT2D eigenvalue weighted by Gasteiger charge is 2.46. The van der Waals surface area contributed by atoms with Crippen molar-refractivity contribution in [1.29, 1.82) is 0 Å². The molecular formula is C55H96O12S. The van der Waals surface area contributed by atoms with Crippen LogP contribution < -0.4 is 0 Å². The van der Waals surface area contributed by atoms with Crippen LogP contribution in [0.25, 0.3) is 0 Å². The molecule has 1 heterocycles. The first kappa shape index (κ1) is 63.4. The van der Waals surface area contributed by atoms with E-state index >= 15 is 0 Å². The van der Waals surface area contributed by atoms with E-state index in [9.17, 15) is 37.9 Å². The van der Waals surface area contributed by atoms with Crippen LogP contribution >= 0.6 is 0 Å². The van der Waals surface area contributed by atoms with Gasteiger partial charge in [-0.25, -0.2) is 0 Å². The summed E-state index contributed by atoms with van der Waals surface area (Å²) >= 11 is 0. The topological polar surface area (TPSA) is 186 Å². The Labute approximate surface area is 413 Å². The minimum absolute atomic E-state index is 0.108. The molecule has 0 saturated carbocycles. The van der Waals surface area contributed by atoms with Crippen molar-refractivity contribution in [1.82, 2.24) is 0 Å². The zero-order chi connectivity index (χ0) is 49.8. The van der Waals surface area contributed by atoms with E-state index < -0.39 is 71.2 Å². The molecule has 2 unspecified atom stereocenters. The third kappa shape index (κ3) is 38.1. The first-order valence-electron chi connectivity index (χ1n) is 26.8. The van der Waals surface area contributed by atoms with Gasteiger partial charge in [0.1, 0.15) is 36.8 Å². The number of unbranched alkanes of at least 4 members (excludes halogenated alkanes) is 23. The number of hydrogen-bond acceptors (Lipinski definition) is 11. The lowest BCUT2D eigenvalue weighted by Crippen LogP contribution is -2.60. The van der Waals surface area contributed by atoms with Crippen molar-refractivity contribution in [2.45, 2.75) is 256 Å². The van der Waals surface area contributed by atoms with Crippen LogP contribution in [0.3, 0.4) is 0 Å². The highest BCUT2D eigenvalue weighted by molar-refractivity contribution is 7.85. The van der Waals surface area contributed by atoms with Crippen LogP contribution in [-0.2, 0) is 38.7 Å². The van der Waals surface area contributed by atoms with Crippen molar-refractivity contribution in [3.8, 4) is 0 Å². The number of rotatable bonds is 45. The molecule has 1 fully saturated rings. The maximum absolute atomic E-state index is 12.9. The number of carbonyl (C=O) groups excluding carboxylic acids is 2. The second kappa shape index (κ2) is 44.3. The molecule has 68 heavy (non-hydrogen) atoms. The largest absolute Gasteiger partial charge is 0.462 e. The highest BCUT2D eigenvalue weighted by Crippen LogP contribution is 2.24. The number of hydrogen-bond donors (Lipinski definition) is 4. The van der Waals surface area contributed by atoms with E-state index in [2.05, 4.69) is 74.6 Å². The van der Waals surface area contributed by atoms with E-state index in [0.29, 0.717) is 19.3 Å². The van der Waals surface area contributed by atoms with Gasteiger partial charge >= 0.3 is 11.9 Å². The standard InChI is InChI=1S/C55H96O12S/c1-3-5-7-9-11-13-15-17-19-21-22-23-24-25-26-28-30-32-34-36-38-40-42-44-51(57)66-48(46-65-55-54(60)53(59)52(58)49(67-55)47-68(61,62)63)45-64-50(56)43-41-39-37-35-33-31-29-27-20-18-16-14-12-10-8-6-4-2/h8,10,14,16,20,27,31,33,36,38,48-49,52-55,58-60H,3-7,9,11-13,15,17-19,21-26,28-30,32,34-35,37,39-47H2,1-2H3,(H,61,62,63)/b10-8+,16-14+,27-20+,33-31+,38-36+/t48-,49-,52-,53?,54?,55+/m1/s1. The van der Waals surface area contributed by atoms with E-state index in [1.807, 2.05) is 0 Å². The molecule has 1 aliphatic heterocycles. The first-order chi connectivity index (χ1) is 33.0. The number of aliphatic hydroxyl groups excluding tert-OH is 3. The summed E-state index contributed by atoms with van der Waals surface area (Å²) in [6.07, 6.45) is 47.0. The van der Waals surface area contributed by atoms with Crippen molar-refractivity contribution >= 4 is 22.1 Å². The van der Waals surface area contributed by atoms with Gasteiger partial charge in [0, 0.05) is 12.8 Å². The molecule has 0 aromatic heterocycles. The minimum atomic E-state index is -4.62. The van der Waals surface area contributed by atoms with E-state index in [-0.39, 0.29) is 19.4 Å². The molecule has 1 saturated heterocycles.